The first-order valence-corrected chi connectivity index (χ1v) is 4.81. The van der Waals surface area contributed by atoms with E-state index in [0.717, 1.165) is 0 Å². The minimum Gasteiger partial charge on any atom is -0.325 e. The van der Waals surface area contributed by atoms with Gasteiger partial charge in [0.1, 0.15) is 0 Å². The molecule has 15 heavy (non-hydrogen) atoms. The Morgan fingerprint density at radius 3 is 2.80 bits per heavy atom. The van der Waals surface area contributed by atoms with E-state index in [1.54, 1.807) is 31.2 Å². The van der Waals surface area contributed by atoms with E-state index in [-0.39, 0.29) is 5.91 Å². The van der Waals surface area contributed by atoms with Gasteiger partial charge in [-0.3, -0.25) is 4.79 Å². The van der Waals surface area contributed by atoms with Crippen LogP contribution in [0.25, 0.3) is 0 Å². The predicted molar refractivity (Wildman–Crippen MR) is 61.1 cm³/mol. The van der Waals surface area contributed by atoms with Gasteiger partial charge in [-0.1, -0.05) is 23.7 Å². The van der Waals surface area contributed by atoms with Crippen LogP contribution in [0.3, 0.4) is 0 Å². The molecule has 0 aliphatic heterocycles. The summed E-state index contributed by atoms with van der Waals surface area (Å²) < 4.78 is 0. The highest BCUT2D eigenvalue weighted by Gasteiger charge is 2.07. The van der Waals surface area contributed by atoms with Crippen LogP contribution in [0.5, 0.6) is 0 Å². The second-order valence-corrected chi connectivity index (χ2v) is 3.38. The smallest absolute Gasteiger partial charge is 0.272 e. The molecule has 0 aromatic heterocycles. The summed E-state index contributed by atoms with van der Waals surface area (Å²) in [5.74, 6) is -0.339. The van der Waals surface area contributed by atoms with Gasteiger partial charge in [-0.15, -0.1) is 0 Å². The van der Waals surface area contributed by atoms with E-state index in [1.807, 2.05) is 0 Å². The van der Waals surface area contributed by atoms with Crippen molar-refractivity contribution in [1.29, 1.82) is 0 Å². The Labute approximate surface area is 93.1 Å². The van der Waals surface area contributed by atoms with Gasteiger partial charge in [0.05, 0.1) is 10.6 Å². The molecule has 0 bridgehead atoms. The molecule has 0 aliphatic carbocycles. The highest BCUT2D eigenvalue weighted by atomic mass is 35.5. The largest absolute Gasteiger partial charge is 0.325 e. The van der Waals surface area contributed by atoms with Gasteiger partial charge in [0.25, 0.3) is 5.91 Å². The predicted octanol–water partition coefficient (Wildman–Crippen LogP) is 1.40. The van der Waals surface area contributed by atoms with E-state index in [9.17, 15) is 4.79 Å². The van der Waals surface area contributed by atoms with Crippen LogP contribution >= 0.6 is 11.6 Å². The Kier molecular flexibility index (Phi) is 4.27. The van der Waals surface area contributed by atoms with Crippen LogP contribution < -0.4 is 11.2 Å². The number of carbonyl (C=O) groups is 1. The Hall–Kier alpha value is -1.39. The third kappa shape index (κ3) is 3.34. The summed E-state index contributed by atoms with van der Waals surface area (Å²) in [5, 5.41) is 4.19. The van der Waals surface area contributed by atoms with Gasteiger partial charge in [0.15, 0.2) is 0 Å². The van der Waals surface area contributed by atoms with Gasteiger partial charge in [-0.2, -0.15) is 5.10 Å². The van der Waals surface area contributed by atoms with Gasteiger partial charge >= 0.3 is 0 Å². The average molecular weight is 226 g/mol. The molecular formula is C10H12ClN3O. The van der Waals surface area contributed by atoms with Crippen LogP contribution in [0.1, 0.15) is 17.3 Å². The van der Waals surface area contributed by atoms with E-state index in [1.165, 1.54) is 0 Å². The van der Waals surface area contributed by atoms with Crippen molar-refractivity contribution in [2.24, 2.45) is 10.8 Å². The number of nitrogens with two attached hydrogens (primary N) is 1. The number of nitrogens with one attached hydrogen (secondary N) is 1. The monoisotopic (exact) mass is 225 g/mol. The van der Waals surface area contributed by atoms with E-state index < -0.39 is 0 Å². The number of rotatable bonds is 3. The number of hydrazone groups is 1. The fraction of sp³-hybridized carbons (Fsp3) is 0.200. The van der Waals surface area contributed by atoms with Crippen molar-refractivity contribution in [3.8, 4) is 0 Å². The lowest BCUT2D eigenvalue weighted by Crippen LogP contribution is -2.21. The minimum atomic E-state index is -0.339. The molecule has 0 unspecified atom stereocenters. The fourth-order valence-corrected chi connectivity index (χ4v) is 1.12. The molecule has 80 valence electrons. The summed E-state index contributed by atoms with van der Waals surface area (Å²) in [7, 11) is 0. The molecule has 0 heterocycles. The summed E-state index contributed by atoms with van der Waals surface area (Å²) in [5.41, 5.74) is 8.74. The molecule has 0 radical (unpaired) electrons. The molecule has 5 heteroatoms. The third-order valence-corrected chi connectivity index (χ3v) is 2.09. The summed E-state index contributed by atoms with van der Waals surface area (Å²) in [6, 6.07) is 6.77. The maximum absolute atomic E-state index is 11.5. The van der Waals surface area contributed by atoms with E-state index in [4.69, 9.17) is 17.3 Å². The molecule has 4 nitrogen and oxygen atoms in total. The van der Waals surface area contributed by atoms with Gasteiger partial charge < -0.3 is 5.73 Å². The van der Waals surface area contributed by atoms with Gasteiger partial charge in [-0.25, -0.2) is 5.43 Å². The molecule has 0 saturated heterocycles. The maximum Gasteiger partial charge on any atom is 0.272 e. The lowest BCUT2D eigenvalue weighted by molar-refractivity contribution is 0.0955. The molecule has 1 aromatic carbocycles. The molecule has 0 aliphatic rings. The van der Waals surface area contributed by atoms with Crippen molar-refractivity contribution in [3.05, 3.63) is 34.9 Å². The average Bonchev–Trinajstić information content (AvgIpc) is 2.26. The SMILES string of the molecule is C/C(CN)=N\NC(=O)c1ccccc1Cl. The van der Waals surface area contributed by atoms with Crippen LogP contribution in [0, 0.1) is 0 Å². The molecule has 3 N–H and O–H groups in total. The van der Waals surface area contributed by atoms with Gasteiger partial charge in [-0.05, 0) is 19.1 Å². The Bertz CT molecular complexity index is 390. The van der Waals surface area contributed by atoms with Crippen molar-refractivity contribution in [1.82, 2.24) is 5.43 Å². The fourth-order valence-electron chi connectivity index (χ4n) is 0.897. The van der Waals surface area contributed by atoms with Crippen molar-refractivity contribution in [2.75, 3.05) is 6.54 Å². The summed E-state index contributed by atoms with van der Waals surface area (Å²) >= 11 is 5.83. The number of halogens is 1. The van der Waals surface area contributed by atoms with Gasteiger partial charge in [0.2, 0.25) is 0 Å². The first-order chi connectivity index (χ1) is 7.15. The quantitative estimate of drug-likeness (QED) is 0.603. The van der Waals surface area contributed by atoms with Gasteiger partial charge in [0, 0.05) is 12.3 Å². The third-order valence-electron chi connectivity index (χ3n) is 1.76. The zero-order chi connectivity index (χ0) is 11.3. The lowest BCUT2D eigenvalue weighted by atomic mass is 10.2. The first kappa shape index (κ1) is 11.7. The summed E-state index contributed by atoms with van der Waals surface area (Å²) in [6.07, 6.45) is 0. The standard InChI is InChI=1S/C10H12ClN3O/c1-7(6-12)13-14-10(15)8-4-2-3-5-9(8)11/h2-5H,6,12H2,1H3,(H,14,15)/b13-7+. The number of amides is 1. The van der Waals surface area contributed by atoms with Crippen LogP contribution in [-0.2, 0) is 0 Å². The van der Waals surface area contributed by atoms with Crippen molar-refractivity contribution in [3.63, 3.8) is 0 Å². The molecule has 1 aromatic rings. The molecular weight excluding hydrogens is 214 g/mol. The number of hydrogen-bond donors (Lipinski definition) is 2. The van der Waals surface area contributed by atoms with E-state index in [0.29, 0.717) is 22.8 Å². The maximum atomic E-state index is 11.5. The Balaban J connectivity index is 2.74. The molecule has 0 atom stereocenters. The number of benzene rings is 1. The molecule has 0 fully saturated rings. The molecule has 0 spiro atoms. The second-order valence-electron chi connectivity index (χ2n) is 2.97. The van der Waals surface area contributed by atoms with Crippen LogP contribution in [-0.4, -0.2) is 18.2 Å². The van der Waals surface area contributed by atoms with Crippen LogP contribution in [0.4, 0.5) is 0 Å². The van der Waals surface area contributed by atoms with Crippen molar-refractivity contribution >= 4 is 23.2 Å². The first-order valence-electron chi connectivity index (χ1n) is 4.43. The van der Waals surface area contributed by atoms with Crippen molar-refractivity contribution < 1.29 is 4.79 Å². The Morgan fingerprint density at radius 1 is 1.53 bits per heavy atom. The normalized spacial score (nSPS) is 11.3. The second kappa shape index (κ2) is 5.48. The molecule has 0 saturated carbocycles. The zero-order valence-corrected chi connectivity index (χ0v) is 9.08. The lowest BCUT2D eigenvalue weighted by Gasteiger charge is -2.02. The Morgan fingerprint density at radius 2 is 2.20 bits per heavy atom. The molecule has 1 rings (SSSR count). The van der Waals surface area contributed by atoms with Crippen molar-refractivity contribution in [2.45, 2.75) is 6.92 Å². The summed E-state index contributed by atoms with van der Waals surface area (Å²) in [6.45, 7) is 2.04. The topological polar surface area (TPSA) is 67.5 Å². The number of nitrogens with zero attached hydrogens (tertiary/aromatic N) is 1. The number of hydrogen-bond acceptors (Lipinski definition) is 3. The zero-order valence-electron chi connectivity index (χ0n) is 8.33. The van der Waals surface area contributed by atoms with Crippen LogP contribution in [0.2, 0.25) is 5.02 Å². The minimum absolute atomic E-state index is 0.308. The highest BCUT2D eigenvalue weighted by molar-refractivity contribution is 6.33. The van der Waals surface area contributed by atoms with E-state index in [2.05, 4.69) is 10.5 Å². The number of carbonyl (C=O) groups excluding carboxylic acids is 1. The van der Waals surface area contributed by atoms with Crippen LogP contribution in [0.15, 0.2) is 29.4 Å². The van der Waals surface area contributed by atoms with E-state index >= 15 is 0 Å². The highest BCUT2D eigenvalue weighted by Crippen LogP contribution is 2.14. The summed E-state index contributed by atoms with van der Waals surface area (Å²) in [4.78, 5) is 11.5. The molecule has 1 amide bonds.